The highest BCUT2D eigenvalue weighted by molar-refractivity contribution is 6.05. The average Bonchev–Trinajstić information content (AvgIpc) is 2.63. The Labute approximate surface area is 156 Å². The summed E-state index contributed by atoms with van der Waals surface area (Å²) in [6, 6.07) is 8.33. The molecule has 2 rings (SSSR count). The molecule has 0 amide bonds. The van der Waals surface area contributed by atoms with Gasteiger partial charge in [0, 0.05) is 25.0 Å². The van der Waals surface area contributed by atoms with Gasteiger partial charge in [0.2, 0.25) is 0 Å². The van der Waals surface area contributed by atoms with Gasteiger partial charge in [-0.1, -0.05) is 30.3 Å². The Hall–Kier alpha value is -2.14. The second kappa shape index (κ2) is 8.04. The van der Waals surface area contributed by atoms with E-state index in [0.717, 1.165) is 16.7 Å². The van der Waals surface area contributed by atoms with Crippen LogP contribution in [0.5, 0.6) is 0 Å². The monoisotopic (exact) mass is 359 g/mol. The minimum Gasteiger partial charge on any atom is -0.468 e. The van der Waals surface area contributed by atoms with Crippen molar-refractivity contribution >= 4 is 18.0 Å². The number of hydrogen-bond donors (Lipinski definition) is 0. The first-order chi connectivity index (χ1) is 12.3. The molecule has 0 atom stereocenters. The van der Waals surface area contributed by atoms with Gasteiger partial charge in [0.15, 0.2) is 5.41 Å². The lowest BCUT2D eigenvalue weighted by atomic mass is 9.69. The molecule has 0 N–H and O–H groups in total. The summed E-state index contributed by atoms with van der Waals surface area (Å²) in [5.41, 5.74) is 1.24. The zero-order chi connectivity index (χ0) is 19.5. The second-order valence-electron chi connectivity index (χ2n) is 7.29. The summed E-state index contributed by atoms with van der Waals surface area (Å²) in [4.78, 5) is 27.9. The molecule has 0 radical (unpaired) electrons. The largest absolute Gasteiger partial charge is 0.468 e. The van der Waals surface area contributed by atoms with Gasteiger partial charge in [-0.2, -0.15) is 0 Å². The van der Waals surface area contributed by atoms with Crippen LogP contribution in [0.1, 0.15) is 38.8 Å². The predicted molar refractivity (Wildman–Crippen MR) is 102 cm³/mol. The minimum atomic E-state index is -1.44. The summed E-state index contributed by atoms with van der Waals surface area (Å²) in [5, 5.41) is 0. The smallest absolute Gasteiger partial charge is 0.327 e. The van der Waals surface area contributed by atoms with Crippen molar-refractivity contribution in [2.45, 2.75) is 46.2 Å². The molecular weight excluding hydrogens is 330 g/mol. The lowest BCUT2D eigenvalue weighted by Gasteiger charge is -2.39. The summed E-state index contributed by atoms with van der Waals surface area (Å²) in [6.45, 7) is 8.92. The van der Waals surface area contributed by atoms with Crippen LogP contribution >= 0.6 is 0 Å². The fourth-order valence-corrected chi connectivity index (χ4v) is 3.72. The average molecular weight is 359 g/mol. The number of esters is 2. The zero-order valence-corrected chi connectivity index (χ0v) is 16.5. The van der Waals surface area contributed by atoms with E-state index in [1.807, 2.05) is 30.3 Å². The van der Waals surface area contributed by atoms with Gasteiger partial charge in [0.05, 0.1) is 14.2 Å². The number of fused-ring (bicyclic) bond motifs is 1. The molecule has 0 saturated carbocycles. The van der Waals surface area contributed by atoms with Crippen molar-refractivity contribution < 1.29 is 19.1 Å². The fraction of sp³-hybridized carbons (Fsp3) is 0.524. The van der Waals surface area contributed by atoms with Crippen LogP contribution in [0.2, 0.25) is 0 Å². The van der Waals surface area contributed by atoms with Gasteiger partial charge in [-0.3, -0.25) is 14.5 Å². The molecule has 1 aliphatic carbocycles. The maximum Gasteiger partial charge on any atom is 0.327 e. The third-order valence-corrected chi connectivity index (χ3v) is 5.14. The molecule has 0 unspecified atom stereocenters. The normalized spacial score (nSPS) is 15.7. The van der Waals surface area contributed by atoms with Crippen molar-refractivity contribution in [3.63, 3.8) is 0 Å². The van der Waals surface area contributed by atoms with E-state index in [4.69, 9.17) is 9.47 Å². The molecule has 0 fully saturated rings. The van der Waals surface area contributed by atoms with Crippen molar-refractivity contribution in [2.75, 3.05) is 20.8 Å². The van der Waals surface area contributed by atoms with Crippen LogP contribution < -0.4 is 0 Å². The number of rotatable bonds is 6. The van der Waals surface area contributed by atoms with E-state index in [0.29, 0.717) is 6.54 Å². The molecule has 0 aliphatic heterocycles. The van der Waals surface area contributed by atoms with Crippen molar-refractivity contribution in [1.29, 1.82) is 0 Å². The van der Waals surface area contributed by atoms with Gasteiger partial charge < -0.3 is 9.47 Å². The number of carbonyl (C=O) groups excluding carboxylic acids is 2. The third-order valence-electron chi connectivity index (χ3n) is 5.14. The highest BCUT2D eigenvalue weighted by atomic mass is 16.5. The van der Waals surface area contributed by atoms with Crippen molar-refractivity contribution in [3.8, 4) is 0 Å². The number of ether oxygens (including phenoxy) is 2. The molecule has 142 valence electrons. The van der Waals surface area contributed by atoms with E-state index in [1.54, 1.807) is 0 Å². The molecule has 1 aromatic rings. The Morgan fingerprint density at radius 2 is 1.58 bits per heavy atom. The quantitative estimate of drug-likeness (QED) is 0.577. The van der Waals surface area contributed by atoms with Gasteiger partial charge in [0.25, 0.3) is 0 Å². The standard InChI is InChI=1S/C21H29NO4/c1-14(2)22(15(3)4)13-18-11-16-9-7-8-10-17(16)12-21(18,19(23)25-5)20(24)26-6/h7-11,14-15H,12-13H2,1-6H3. The highest BCUT2D eigenvalue weighted by Gasteiger charge is 2.53. The van der Waals surface area contributed by atoms with Gasteiger partial charge in [-0.15, -0.1) is 0 Å². The van der Waals surface area contributed by atoms with Crippen LogP contribution in [-0.2, 0) is 25.5 Å². The first-order valence-electron chi connectivity index (χ1n) is 8.99. The van der Waals surface area contributed by atoms with Crippen LogP contribution in [0.25, 0.3) is 6.08 Å². The summed E-state index contributed by atoms with van der Waals surface area (Å²) in [5.74, 6) is -1.14. The van der Waals surface area contributed by atoms with E-state index in [2.05, 4.69) is 32.6 Å². The van der Waals surface area contributed by atoms with Gasteiger partial charge >= 0.3 is 11.9 Å². The third kappa shape index (κ3) is 3.54. The molecule has 0 heterocycles. The van der Waals surface area contributed by atoms with Gasteiger partial charge in [-0.05, 0) is 44.4 Å². The molecule has 1 aliphatic rings. The van der Waals surface area contributed by atoms with Crippen molar-refractivity contribution in [2.24, 2.45) is 5.41 Å². The van der Waals surface area contributed by atoms with Crippen LogP contribution in [0, 0.1) is 5.41 Å². The van der Waals surface area contributed by atoms with Crippen molar-refractivity contribution in [1.82, 2.24) is 4.90 Å². The van der Waals surface area contributed by atoms with Gasteiger partial charge in [0.1, 0.15) is 0 Å². The Morgan fingerprint density at radius 1 is 1.04 bits per heavy atom. The molecule has 0 aromatic heterocycles. The molecule has 0 saturated heterocycles. The molecular formula is C21H29NO4. The first kappa shape index (κ1) is 20.2. The first-order valence-corrected chi connectivity index (χ1v) is 8.99. The molecule has 1 aromatic carbocycles. The van der Waals surface area contributed by atoms with E-state index in [9.17, 15) is 9.59 Å². The van der Waals surface area contributed by atoms with E-state index in [-0.39, 0.29) is 18.5 Å². The molecule has 0 bridgehead atoms. The van der Waals surface area contributed by atoms with Crippen molar-refractivity contribution in [3.05, 3.63) is 41.0 Å². The maximum absolute atomic E-state index is 12.8. The maximum atomic E-state index is 12.8. The summed E-state index contributed by atoms with van der Waals surface area (Å²) < 4.78 is 10.1. The van der Waals surface area contributed by atoms with Gasteiger partial charge in [-0.25, -0.2) is 0 Å². The fourth-order valence-electron chi connectivity index (χ4n) is 3.72. The Bertz CT molecular complexity index is 682. The summed E-state index contributed by atoms with van der Waals surface area (Å²) in [6.07, 6.45) is 2.20. The SMILES string of the molecule is COC(=O)C1(C(=O)OC)Cc2ccccc2C=C1CN(C(C)C)C(C)C. The van der Waals surface area contributed by atoms with Crippen LogP contribution in [0.3, 0.4) is 0 Å². The summed E-state index contributed by atoms with van der Waals surface area (Å²) in [7, 11) is 2.63. The lowest BCUT2D eigenvalue weighted by molar-refractivity contribution is -0.166. The van der Waals surface area contributed by atoms with E-state index >= 15 is 0 Å². The number of carbonyl (C=O) groups is 2. The highest BCUT2D eigenvalue weighted by Crippen LogP contribution is 2.41. The Kier molecular flexibility index (Phi) is 6.24. The van der Waals surface area contributed by atoms with Crippen LogP contribution in [0.15, 0.2) is 29.8 Å². The Morgan fingerprint density at radius 3 is 2.08 bits per heavy atom. The number of nitrogens with zero attached hydrogens (tertiary/aromatic N) is 1. The predicted octanol–water partition coefficient (Wildman–Crippen LogP) is 3.08. The Balaban J connectivity index is 2.64. The topological polar surface area (TPSA) is 55.8 Å². The van der Waals surface area contributed by atoms with Crippen LogP contribution in [0.4, 0.5) is 0 Å². The molecule has 5 heteroatoms. The number of benzene rings is 1. The molecule has 5 nitrogen and oxygen atoms in total. The van der Waals surface area contributed by atoms with E-state index in [1.165, 1.54) is 14.2 Å². The minimum absolute atomic E-state index is 0.248. The lowest BCUT2D eigenvalue weighted by Crippen LogP contribution is -2.50. The summed E-state index contributed by atoms with van der Waals surface area (Å²) >= 11 is 0. The molecule has 0 spiro atoms. The molecule has 26 heavy (non-hydrogen) atoms. The second-order valence-corrected chi connectivity index (χ2v) is 7.29. The zero-order valence-electron chi connectivity index (χ0n) is 16.5. The number of hydrogen-bond acceptors (Lipinski definition) is 5. The number of methoxy groups -OCH3 is 2. The van der Waals surface area contributed by atoms with Crippen LogP contribution in [-0.4, -0.2) is 49.7 Å². The van der Waals surface area contributed by atoms with E-state index < -0.39 is 17.4 Å².